The zero-order valence-electron chi connectivity index (χ0n) is 12.8. The van der Waals surface area contributed by atoms with Crippen LogP contribution in [0, 0.1) is 6.92 Å². The molecule has 6 heteroatoms. The average molecular weight is 346 g/mol. The van der Waals surface area contributed by atoms with Crippen LogP contribution in [-0.2, 0) is 4.79 Å². The molecule has 0 spiro atoms. The van der Waals surface area contributed by atoms with E-state index in [-0.39, 0.29) is 11.2 Å². The molecule has 1 amide bonds. The van der Waals surface area contributed by atoms with Crippen LogP contribution in [-0.4, -0.2) is 21.1 Å². The lowest BCUT2D eigenvalue weighted by Crippen LogP contribution is -2.22. The Morgan fingerprint density at radius 2 is 2.00 bits per heavy atom. The molecule has 0 saturated heterocycles. The lowest BCUT2D eigenvalue weighted by molar-refractivity contribution is -0.115. The molecule has 0 aliphatic rings. The summed E-state index contributed by atoms with van der Waals surface area (Å²) in [5.74, 6) is -0.0580. The Bertz CT molecular complexity index is 845. The molecule has 1 atom stereocenters. The summed E-state index contributed by atoms with van der Waals surface area (Å²) in [5.41, 5.74) is 3.66. The molecule has 0 aliphatic carbocycles. The molecule has 23 heavy (non-hydrogen) atoms. The molecule has 0 saturated carbocycles. The molecule has 1 heterocycles. The molecule has 0 unspecified atom stereocenters. The molecule has 0 radical (unpaired) electrons. The van der Waals surface area contributed by atoms with E-state index in [0.717, 1.165) is 22.3 Å². The van der Waals surface area contributed by atoms with Crippen molar-refractivity contribution in [2.45, 2.75) is 24.3 Å². The van der Waals surface area contributed by atoms with Gasteiger partial charge in [0.25, 0.3) is 0 Å². The van der Waals surface area contributed by atoms with Gasteiger partial charge < -0.3 is 10.3 Å². The molecule has 0 fully saturated rings. The average Bonchev–Trinajstić information content (AvgIpc) is 2.90. The van der Waals surface area contributed by atoms with E-state index in [0.29, 0.717) is 10.2 Å². The summed E-state index contributed by atoms with van der Waals surface area (Å²) < 4.78 is 0. The molecule has 0 bridgehead atoms. The molecule has 118 valence electrons. The van der Waals surface area contributed by atoms with E-state index in [4.69, 9.17) is 11.6 Å². The van der Waals surface area contributed by atoms with Crippen molar-refractivity contribution in [3.63, 3.8) is 0 Å². The fourth-order valence-electron chi connectivity index (χ4n) is 2.12. The first-order chi connectivity index (χ1) is 11.0. The molecule has 2 aromatic carbocycles. The van der Waals surface area contributed by atoms with E-state index >= 15 is 0 Å². The maximum absolute atomic E-state index is 12.3. The molecular weight excluding hydrogens is 330 g/mol. The number of rotatable bonds is 4. The lowest BCUT2D eigenvalue weighted by Gasteiger charge is -2.10. The quantitative estimate of drug-likeness (QED) is 0.677. The first-order valence-electron chi connectivity index (χ1n) is 7.21. The maximum atomic E-state index is 12.3. The molecule has 3 rings (SSSR count). The number of aryl methyl sites for hydroxylation is 1. The Morgan fingerprint density at radius 3 is 2.74 bits per heavy atom. The number of imidazole rings is 1. The number of carbonyl (C=O) groups is 1. The van der Waals surface area contributed by atoms with E-state index in [1.54, 1.807) is 6.07 Å². The zero-order valence-corrected chi connectivity index (χ0v) is 14.3. The number of H-pyrrole nitrogens is 1. The predicted octanol–water partition coefficient (Wildman–Crippen LogP) is 4.64. The van der Waals surface area contributed by atoms with E-state index in [9.17, 15) is 4.79 Å². The number of nitrogens with zero attached hydrogens (tertiary/aromatic N) is 1. The summed E-state index contributed by atoms with van der Waals surface area (Å²) in [5, 5.41) is 4.00. The second-order valence-electron chi connectivity index (χ2n) is 5.32. The van der Waals surface area contributed by atoms with Crippen molar-refractivity contribution in [2.24, 2.45) is 0 Å². The molecule has 2 N–H and O–H groups in total. The van der Waals surface area contributed by atoms with Crippen LogP contribution in [0.4, 0.5) is 5.69 Å². The number of nitrogens with one attached hydrogen (secondary N) is 2. The number of hydrogen-bond donors (Lipinski definition) is 2. The monoisotopic (exact) mass is 345 g/mol. The van der Waals surface area contributed by atoms with E-state index < -0.39 is 0 Å². The van der Waals surface area contributed by atoms with E-state index in [2.05, 4.69) is 15.3 Å². The first-order valence-corrected chi connectivity index (χ1v) is 8.46. The van der Waals surface area contributed by atoms with Crippen LogP contribution in [0.15, 0.2) is 47.6 Å². The number of anilines is 1. The topological polar surface area (TPSA) is 57.8 Å². The highest BCUT2D eigenvalue weighted by atomic mass is 35.5. The highest BCUT2D eigenvalue weighted by molar-refractivity contribution is 8.00. The number of benzene rings is 2. The summed E-state index contributed by atoms with van der Waals surface area (Å²) in [7, 11) is 0. The Morgan fingerprint density at radius 1 is 1.26 bits per heavy atom. The van der Waals surface area contributed by atoms with Gasteiger partial charge in [0.2, 0.25) is 5.91 Å². The largest absolute Gasteiger partial charge is 0.333 e. The number of aromatic amines is 1. The Kier molecular flexibility index (Phi) is 4.59. The van der Waals surface area contributed by atoms with Crippen molar-refractivity contribution in [1.29, 1.82) is 0 Å². The molecular formula is C17H16ClN3OS. The summed E-state index contributed by atoms with van der Waals surface area (Å²) in [4.78, 5) is 19.9. The van der Waals surface area contributed by atoms with Gasteiger partial charge in [0.15, 0.2) is 5.16 Å². The van der Waals surface area contributed by atoms with E-state index in [1.807, 2.05) is 50.2 Å². The van der Waals surface area contributed by atoms with Crippen LogP contribution in [0.3, 0.4) is 0 Å². The van der Waals surface area contributed by atoms with Gasteiger partial charge in [-0.05, 0) is 44.2 Å². The van der Waals surface area contributed by atoms with Crippen LogP contribution in [0.5, 0.6) is 0 Å². The normalized spacial score (nSPS) is 12.3. The standard InChI is InChI=1S/C17H16ClN3OS/c1-10-3-6-13(7-4-10)19-16(22)11(2)23-17-20-14-8-5-12(18)9-15(14)21-17/h3-9,11H,1-2H3,(H,19,22)(H,20,21)/t11-/m0/s1. The summed E-state index contributed by atoms with van der Waals surface area (Å²) in [6.07, 6.45) is 0. The van der Waals surface area contributed by atoms with Gasteiger partial charge in [-0.1, -0.05) is 41.1 Å². The second-order valence-corrected chi connectivity index (χ2v) is 7.08. The van der Waals surface area contributed by atoms with Crippen LogP contribution in [0.2, 0.25) is 5.02 Å². The summed E-state index contributed by atoms with van der Waals surface area (Å²) in [6, 6.07) is 13.2. The molecule has 1 aromatic heterocycles. The van der Waals surface area contributed by atoms with Crippen molar-refractivity contribution >= 4 is 46.0 Å². The van der Waals surface area contributed by atoms with Crippen molar-refractivity contribution < 1.29 is 4.79 Å². The fraction of sp³-hybridized carbons (Fsp3) is 0.176. The van der Waals surface area contributed by atoms with Gasteiger partial charge in [-0.3, -0.25) is 4.79 Å². The van der Waals surface area contributed by atoms with Crippen molar-refractivity contribution in [1.82, 2.24) is 9.97 Å². The number of amides is 1. The minimum atomic E-state index is -0.271. The SMILES string of the molecule is Cc1ccc(NC(=O)[C@H](C)Sc2nc3ccc(Cl)cc3[nH]2)cc1. The van der Waals surface area contributed by atoms with Crippen LogP contribution < -0.4 is 5.32 Å². The molecule has 4 nitrogen and oxygen atoms in total. The fourth-order valence-corrected chi connectivity index (χ4v) is 3.11. The minimum Gasteiger partial charge on any atom is -0.333 e. The number of thioether (sulfide) groups is 1. The number of aromatic nitrogens is 2. The van der Waals surface area contributed by atoms with Gasteiger partial charge >= 0.3 is 0 Å². The van der Waals surface area contributed by atoms with Crippen molar-refractivity contribution in [2.75, 3.05) is 5.32 Å². The highest BCUT2D eigenvalue weighted by Gasteiger charge is 2.16. The second kappa shape index (κ2) is 6.64. The molecule has 3 aromatic rings. The Labute approximate surface area is 143 Å². The maximum Gasteiger partial charge on any atom is 0.237 e. The van der Waals surface area contributed by atoms with E-state index in [1.165, 1.54) is 11.8 Å². The van der Waals surface area contributed by atoms with Gasteiger partial charge in [-0.15, -0.1) is 0 Å². The Balaban J connectivity index is 1.68. The third kappa shape index (κ3) is 3.86. The van der Waals surface area contributed by atoms with Gasteiger partial charge in [-0.25, -0.2) is 4.98 Å². The van der Waals surface area contributed by atoms with Gasteiger partial charge in [-0.2, -0.15) is 0 Å². The Hall–Kier alpha value is -1.98. The zero-order chi connectivity index (χ0) is 16.4. The van der Waals surface area contributed by atoms with Crippen molar-refractivity contribution in [3.8, 4) is 0 Å². The van der Waals surface area contributed by atoms with Crippen LogP contribution in [0.25, 0.3) is 11.0 Å². The van der Waals surface area contributed by atoms with Gasteiger partial charge in [0.05, 0.1) is 16.3 Å². The summed E-state index contributed by atoms with van der Waals surface area (Å²) in [6.45, 7) is 3.87. The highest BCUT2D eigenvalue weighted by Crippen LogP contribution is 2.25. The number of fused-ring (bicyclic) bond motifs is 1. The van der Waals surface area contributed by atoms with Gasteiger partial charge in [0.1, 0.15) is 0 Å². The van der Waals surface area contributed by atoms with Crippen molar-refractivity contribution in [3.05, 3.63) is 53.1 Å². The third-order valence-corrected chi connectivity index (χ3v) is 4.62. The minimum absolute atomic E-state index is 0.0580. The van der Waals surface area contributed by atoms with Crippen LogP contribution in [0.1, 0.15) is 12.5 Å². The smallest absolute Gasteiger partial charge is 0.237 e. The predicted molar refractivity (Wildman–Crippen MR) is 96.2 cm³/mol. The van der Waals surface area contributed by atoms with Gasteiger partial charge in [0, 0.05) is 10.7 Å². The first kappa shape index (κ1) is 15.9. The van der Waals surface area contributed by atoms with Crippen LogP contribution >= 0.6 is 23.4 Å². The number of carbonyl (C=O) groups excluding carboxylic acids is 1. The summed E-state index contributed by atoms with van der Waals surface area (Å²) >= 11 is 7.35. The third-order valence-electron chi connectivity index (χ3n) is 3.40. The number of hydrogen-bond acceptors (Lipinski definition) is 3. The molecule has 0 aliphatic heterocycles. The lowest BCUT2D eigenvalue weighted by atomic mass is 10.2. The number of halogens is 1.